The van der Waals surface area contributed by atoms with Crippen molar-refractivity contribution in [2.45, 2.75) is 32.2 Å². The van der Waals surface area contributed by atoms with Gasteiger partial charge in [0, 0.05) is 43.3 Å². The number of alkyl halides is 3. The summed E-state index contributed by atoms with van der Waals surface area (Å²) in [4.78, 5) is 11.0. The number of ether oxygens (including phenoxy) is 1. The highest BCUT2D eigenvalue weighted by Gasteiger charge is 2.30. The van der Waals surface area contributed by atoms with Crippen LogP contribution in [-0.2, 0) is 6.54 Å². The molecule has 0 radical (unpaired) electrons. The van der Waals surface area contributed by atoms with Crippen molar-refractivity contribution in [3.63, 3.8) is 0 Å². The molecule has 0 amide bonds. The van der Waals surface area contributed by atoms with Crippen LogP contribution in [0.15, 0.2) is 36.7 Å². The molecule has 1 fully saturated rings. The summed E-state index contributed by atoms with van der Waals surface area (Å²) >= 11 is 0. The topological polar surface area (TPSA) is 50.3 Å². The van der Waals surface area contributed by atoms with Gasteiger partial charge >= 0.3 is 6.36 Å². The van der Waals surface area contributed by atoms with Gasteiger partial charge in [-0.2, -0.15) is 0 Å². The predicted octanol–water partition coefficient (Wildman–Crippen LogP) is 3.98. The summed E-state index contributed by atoms with van der Waals surface area (Å²) in [6, 6.07) is 5.60. The summed E-state index contributed by atoms with van der Waals surface area (Å²) in [5, 5.41) is 3.12. The number of nitrogens with zero attached hydrogens (tertiary/aromatic N) is 3. The Hall–Kier alpha value is -2.51. The summed E-state index contributed by atoms with van der Waals surface area (Å²) in [5.74, 6) is 0.504. The van der Waals surface area contributed by atoms with Crippen LogP contribution in [0.25, 0.3) is 0 Å². The van der Waals surface area contributed by atoms with Crippen molar-refractivity contribution in [3.8, 4) is 5.75 Å². The molecule has 0 atom stereocenters. The zero-order valence-electron chi connectivity index (χ0n) is 13.6. The molecule has 25 heavy (non-hydrogen) atoms. The molecule has 1 saturated heterocycles. The van der Waals surface area contributed by atoms with E-state index in [0.717, 1.165) is 24.6 Å². The molecular formula is C17H19F3N4O. The third-order valence-corrected chi connectivity index (χ3v) is 3.92. The lowest BCUT2D eigenvalue weighted by atomic mass is 10.1. The Morgan fingerprint density at radius 2 is 1.64 bits per heavy atom. The van der Waals surface area contributed by atoms with Crippen molar-refractivity contribution >= 4 is 11.6 Å². The Bertz CT molecular complexity index is 668. The third-order valence-electron chi connectivity index (χ3n) is 3.92. The second-order valence-electron chi connectivity index (χ2n) is 5.86. The van der Waals surface area contributed by atoms with Crippen molar-refractivity contribution in [2.75, 3.05) is 23.3 Å². The van der Waals surface area contributed by atoms with E-state index in [0.29, 0.717) is 12.2 Å². The molecule has 2 aromatic rings. The number of nitrogens with one attached hydrogen (secondary N) is 1. The Balaban J connectivity index is 1.52. The van der Waals surface area contributed by atoms with E-state index < -0.39 is 6.36 Å². The molecule has 0 aliphatic carbocycles. The van der Waals surface area contributed by atoms with E-state index in [1.807, 2.05) is 0 Å². The predicted molar refractivity (Wildman–Crippen MR) is 88.5 cm³/mol. The normalized spacial score (nSPS) is 15.1. The van der Waals surface area contributed by atoms with Crippen LogP contribution < -0.4 is 15.0 Å². The van der Waals surface area contributed by atoms with Crippen LogP contribution in [0.1, 0.15) is 24.8 Å². The fraction of sp³-hybridized carbons (Fsp3) is 0.412. The van der Waals surface area contributed by atoms with Crippen molar-refractivity contribution in [1.82, 2.24) is 9.97 Å². The first-order chi connectivity index (χ1) is 12.0. The highest BCUT2D eigenvalue weighted by atomic mass is 19.4. The SMILES string of the molecule is FC(F)(F)Oc1ccc(NCc2cnc(N3CCCCC3)nc2)cc1. The van der Waals surface area contributed by atoms with E-state index >= 15 is 0 Å². The molecule has 1 aliphatic rings. The molecule has 3 rings (SSSR count). The summed E-state index contributed by atoms with van der Waals surface area (Å²) < 4.78 is 40.2. The second-order valence-corrected chi connectivity index (χ2v) is 5.86. The van der Waals surface area contributed by atoms with E-state index in [1.165, 1.54) is 43.5 Å². The molecule has 134 valence electrons. The molecule has 1 N–H and O–H groups in total. The van der Waals surface area contributed by atoms with Crippen LogP contribution >= 0.6 is 0 Å². The molecule has 0 spiro atoms. The Kier molecular flexibility index (Phi) is 5.25. The number of halogens is 3. The zero-order chi connectivity index (χ0) is 17.7. The maximum absolute atomic E-state index is 12.1. The van der Waals surface area contributed by atoms with E-state index in [9.17, 15) is 13.2 Å². The lowest BCUT2D eigenvalue weighted by molar-refractivity contribution is -0.274. The Morgan fingerprint density at radius 3 is 2.24 bits per heavy atom. The number of piperidine rings is 1. The molecule has 5 nitrogen and oxygen atoms in total. The van der Waals surface area contributed by atoms with E-state index in [2.05, 4.69) is 24.9 Å². The molecule has 0 bridgehead atoms. The minimum atomic E-state index is -4.68. The van der Waals surface area contributed by atoms with Gasteiger partial charge in [-0.15, -0.1) is 13.2 Å². The largest absolute Gasteiger partial charge is 0.573 e. The van der Waals surface area contributed by atoms with E-state index in [1.54, 1.807) is 12.4 Å². The number of benzene rings is 1. The molecule has 2 heterocycles. The standard InChI is InChI=1S/C17H19F3N4O/c18-17(19,20)25-15-6-4-14(5-7-15)21-10-13-11-22-16(23-12-13)24-8-2-1-3-9-24/h4-7,11-12,21H,1-3,8-10H2. The lowest BCUT2D eigenvalue weighted by Crippen LogP contribution is -2.30. The Labute approximate surface area is 143 Å². The number of hydrogen-bond acceptors (Lipinski definition) is 5. The first-order valence-electron chi connectivity index (χ1n) is 8.15. The molecular weight excluding hydrogens is 333 g/mol. The van der Waals surface area contributed by atoms with E-state index in [-0.39, 0.29) is 5.75 Å². The third kappa shape index (κ3) is 5.23. The van der Waals surface area contributed by atoms with Gasteiger partial charge in [0.05, 0.1) is 0 Å². The molecule has 1 aromatic carbocycles. The summed E-state index contributed by atoms with van der Waals surface area (Å²) in [6.45, 7) is 2.47. The second kappa shape index (κ2) is 7.58. The van der Waals surface area contributed by atoms with Gasteiger partial charge in [0.25, 0.3) is 0 Å². The fourth-order valence-electron chi connectivity index (χ4n) is 2.68. The van der Waals surface area contributed by atoms with Gasteiger partial charge in [0.15, 0.2) is 0 Å². The molecule has 1 aliphatic heterocycles. The first kappa shape index (κ1) is 17.3. The van der Waals surface area contributed by atoms with Gasteiger partial charge in [0.2, 0.25) is 5.95 Å². The van der Waals surface area contributed by atoms with Crippen molar-refractivity contribution in [3.05, 3.63) is 42.2 Å². The number of hydrogen-bond donors (Lipinski definition) is 1. The van der Waals surface area contributed by atoms with Crippen molar-refractivity contribution in [1.29, 1.82) is 0 Å². The molecule has 0 unspecified atom stereocenters. The molecule has 8 heteroatoms. The van der Waals surface area contributed by atoms with Crippen molar-refractivity contribution < 1.29 is 17.9 Å². The fourth-order valence-corrected chi connectivity index (χ4v) is 2.68. The van der Waals surface area contributed by atoms with Gasteiger partial charge < -0.3 is 15.0 Å². The number of rotatable bonds is 5. The minimum Gasteiger partial charge on any atom is -0.406 e. The quantitative estimate of drug-likeness (QED) is 0.882. The maximum Gasteiger partial charge on any atom is 0.573 e. The van der Waals surface area contributed by atoms with Gasteiger partial charge in [-0.25, -0.2) is 9.97 Å². The van der Waals surface area contributed by atoms with Crippen LogP contribution in [0.4, 0.5) is 24.8 Å². The first-order valence-corrected chi connectivity index (χ1v) is 8.15. The molecule has 0 saturated carbocycles. The van der Waals surface area contributed by atoms with Crippen LogP contribution in [0.5, 0.6) is 5.75 Å². The summed E-state index contributed by atoms with van der Waals surface area (Å²) in [5.41, 5.74) is 1.59. The highest BCUT2D eigenvalue weighted by molar-refractivity contribution is 5.46. The smallest absolute Gasteiger partial charge is 0.406 e. The van der Waals surface area contributed by atoms with Gasteiger partial charge in [-0.3, -0.25) is 0 Å². The highest BCUT2D eigenvalue weighted by Crippen LogP contribution is 2.24. The Morgan fingerprint density at radius 1 is 1.00 bits per heavy atom. The average molecular weight is 352 g/mol. The van der Waals surface area contributed by atoms with Gasteiger partial charge in [-0.05, 0) is 43.5 Å². The minimum absolute atomic E-state index is 0.243. The average Bonchev–Trinajstić information content (AvgIpc) is 2.61. The monoisotopic (exact) mass is 352 g/mol. The zero-order valence-corrected chi connectivity index (χ0v) is 13.6. The summed E-state index contributed by atoms with van der Waals surface area (Å²) in [6.07, 6.45) is 2.45. The van der Waals surface area contributed by atoms with Crippen molar-refractivity contribution in [2.24, 2.45) is 0 Å². The lowest BCUT2D eigenvalue weighted by Gasteiger charge is -2.26. The summed E-state index contributed by atoms with van der Waals surface area (Å²) in [7, 11) is 0. The van der Waals surface area contributed by atoms with Gasteiger partial charge in [0.1, 0.15) is 5.75 Å². The number of anilines is 2. The van der Waals surface area contributed by atoms with Crippen LogP contribution in [0.3, 0.4) is 0 Å². The maximum atomic E-state index is 12.1. The number of aromatic nitrogens is 2. The molecule has 1 aromatic heterocycles. The van der Waals surface area contributed by atoms with Gasteiger partial charge in [-0.1, -0.05) is 0 Å². The van der Waals surface area contributed by atoms with Crippen LogP contribution in [0.2, 0.25) is 0 Å². The van der Waals surface area contributed by atoms with Crippen LogP contribution in [-0.4, -0.2) is 29.4 Å². The van der Waals surface area contributed by atoms with Crippen LogP contribution in [0, 0.1) is 0 Å². The van der Waals surface area contributed by atoms with E-state index in [4.69, 9.17) is 0 Å².